The van der Waals surface area contributed by atoms with Gasteiger partial charge in [0.25, 0.3) is 0 Å². The number of nitrogens with two attached hydrogens (primary N) is 1. The Morgan fingerprint density at radius 3 is 2.72 bits per heavy atom. The predicted octanol–water partition coefficient (Wildman–Crippen LogP) is 1.67. The lowest BCUT2D eigenvalue weighted by molar-refractivity contribution is -0.117. The van der Waals surface area contributed by atoms with Crippen LogP contribution in [-0.4, -0.2) is 40.2 Å². The number of amides is 1. The van der Waals surface area contributed by atoms with E-state index in [1.54, 1.807) is 24.5 Å². The molecule has 0 spiro atoms. The molecule has 3 N–H and O–H groups in total. The van der Waals surface area contributed by atoms with Crippen molar-refractivity contribution in [3.63, 3.8) is 0 Å². The predicted molar refractivity (Wildman–Crippen MR) is 108 cm³/mol. The molecule has 0 aromatic carbocycles. The monoisotopic (exact) mass is 408 g/mol. The van der Waals surface area contributed by atoms with Gasteiger partial charge in [0, 0.05) is 25.5 Å². The molecule has 1 aliphatic rings. The van der Waals surface area contributed by atoms with Crippen LogP contribution in [0.25, 0.3) is 0 Å². The highest BCUT2D eigenvalue weighted by atomic mass is 32.2. The minimum Gasteiger partial charge on any atom is -0.391 e. The molecule has 1 amide bonds. The van der Waals surface area contributed by atoms with E-state index in [4.69, 9.17) is 5.73 Å². The summed E-state index contributed by atoms with van der Waals surface area (Å²) < 4.78 is 0. The SMILES string of the molecule is CCc1c(C#N)c(SC(C(N)=O)c2cccnc2)nc(N2CC[C@H](O)C2)c1C#N. The van der Waals surface area contributed by atoms with Crippen molar-refractivity contribution in [1.82, 2.24) is 9.97 Å². The first-order valence-corrected chi connectivity index (χ1v) is 10.0. The Labute approximate surface area is 173 Å². The number of nitrogens with zero attached hydrogens (tertiary/aromatic N) is 5. The van der Waals surface area contributed by atoms with Crippen molar-refractivity contribution in [2.45, 2.75) is 36.1 Å². The summed E-state index contributed by atoms with van der Waals surface area (Å²) in [6, 6.07) is 7.76. The number of pyridine rings is 2. The maximum Gasteiger partial charge on any atom is 0.235 e. The van der Waals surface area contributed by atoms with E-state index < -0.39 is 17.3 Å². The highest BCUT2D eigenvalue weighted by Gasteiger charge is 2.30. The van der Waals surface area contributed by atoms with Gasteiger partial charge in [0.15, 0.2) is 0 Å². The molecule has 29 heavy (non-hydrogen) atoms. The van der Waals surface area contributed by atoms with Crippen LogP contribution < -0.4 is 10.6 Å². The summed E-state index contributed by atoms with van der Waals surface area (Å²) in [4.78, 5) is 22.6. The summed E-state index contributed by atoms with van der Waals surface area (Å²) in [6.45, 7) is 2.79. The van der Waals surface area contributed by atoms with Crippen LogP contribution >= 0.6 is 11.8 Å². The van der Waals surface area contributed by atoms with Gasteiger partial charge in [-0.15, -0.1) is 0 Å². The number of thioether (sulfide) groups is 1. The fourth-order valence-corrected chi connectivity index (χ4v) is 4.41. The summed E-state index contributed by atoms with van der Waals surface area (Å²) in [7, 11) is 0. The Balaban J connectivity index is 2.13. The van der Waals surface area contributed by atoms with Crippen molar-refractivity contribution in [3.05, 3.63) is 46.8 Å². The molecule has 1 aliphatic heterocycles. The second-order valence-corrected chi connectivity index (χ2v) is 7.72. The van der Waals surface area contributed by atoms with Crippen LogP contribution in [0, 0.1) is 22.7 Å². The number of primary amides is 1. The second-order valence-electron chi connectivity index (χ2n) is 6.62. The van der Waals surface area contributed by atoms with Gasteiger partial charge in [-0.1, -0.05) is 24.8 Å². The quantitative estimate of drug-likeness (QED) is 0.688. The fourth-order valence-electron chi connectivity index (χ4n) is 3.36. The Kier molecular flexibility index (Phi) is 6.32. The molecule has 3 rings (SSSR count). The van der Waals surface area contributed by atoms with Crippen LogP contribution in [0.4, 0.5) is 5.82 Å². The van der Waals surface area contributed by atoms with Gasteiger partial charge >= 0.3 is 0 Å². The van der Waals surface area contributed by atoms with Gasteiger partial charge < -0.3 is 15.7 Å². The average molecular weight is 408 g/mol. The van der Waals surface area contributed by atoms with Crippen LogP contribution in [0.1, 0.15) is 40.8 Å². The Hall–Kier alpha value is -3.14. The lowest BCUT2D eigenvalue weighted by Crippen LogP contribution is -2.25. The normalized spacial score (nSPS) is 16.8. The highest BCUT2D eigenvalue weighted by molar-refractivity contribution is 8.00. The largest absolute Gasteiger partial charge is 0.391 e. The molecule has 2 aromatic rings. The van der Waals surface area contributed by atoms with Crippen LogP contribution in [0.5, 0.6) is 0 Å². The molecular weight excluding hydrogens is 388 g/mol. The van der Waals surface area contributed by atoms with Gasteiger partial charge in [0.2, 0.25) is 5.91 Å². The molecule has 1 unspecified atom stereocenters. The molecule has 1 fully saturated rings. The Bertz CT molecular complexity index is 999. The van der Waals surface area contributed by atoms with Crippen LogP contribution in [0.15, 0.2) is 29.6 Å². The van der Waals surface area contributed by atoms with Crippen LogP contribution in [0.2, 0.25) is 0 Å². The maximum atomic E-state index is 12.1. The third-order valence-corrected chi connectivity index (χ3v) is 6.02. The summed E-state index contributed by atoms with van der Waals surface area (Å²) in [5.41, 5.74) is 7.41. The van der Waals surface area contributed by atoms with Gasteiger partial charge in [-0.2, -0.15) is 10.5 Å². The number of rotatable bonds is 6. The number of aliphatic hydroxyl groups excluding tert-OH is 1. The molecule has 1 saturated heterocycles. The summed E-state index contributed by atoms with van der Waals surface area (Å²) in [5, 5.41) is 29.0. The second kappa shape index (κ2) is 8.91. The van der Waals surface area contributed by atoms with E-state index in [9.17, 15) is 20.4 Å². The minimum atomic E-state index is -0.780. The van der Waals surface area contributed by atoms with Crippen molar-refractivity contribution in [3.8, 4) is 12.1 Å². The molecule has 9 heteroatoms. The van der Waals surface area contributed by atoms with E-state index >= 15 is 0 Å². The van der Waals surface area contributed by atoms with Gasteiger partial charge in [-0.3, -0.25) is 9.78 Å². The number of carbonyl (C=O) groups excluding carboxylic acids is 1. The Morgan fingerprint density at radius 1 is 1.45 bits per heavy atom. The standard InChI is InChI=1S/C20H20N6O2S/c1-2-14-15(8-21)19(26-7-5-13(27)11-26)25-20(16(14)9-22)29-17(18(23)28)12-4-3-6-24-10-12/h3-4,6,10,13,17,27H,2,5,7,11H2,1H3,(H2,23,28)/t13-,17?/m0/s1. The molecule has 148 valence electrons. The smallest absolute Gasteiger partial charge is 0.235 e. The number of nitriles is 2. The first-order valence-electron chi connectivity index (χ1n) is 9.16. The van der Waals surface area contributed by atoms with E-state index in [0.717, 1.165) is 11.8 Å². The number of hydrogen-bond donors (Lipinski definition) is 2. The number of β-amino-alcohol motifs (C(OH)–C–C–N with tert-alkyl or cyclic N) is 1. The maximum absolute atomic E-state index is 12.1. The molecule has 0 aliphatic carbocycles. The third kappa shape index (κ3) is 4.16. The van der Waals surface area contributed by atoms with E-state index in [1.165, 1.54) is 0 Å². The lowest BCUT2D eigenvalue weighted by atomic mass is 10.0. The molecule has 2 atom stereocenters. The number of aromatic nitrogens is 2. The minimum absolute atomic E-state index is 0.271. The first-order chi connectivity index (χ1) is 14.0. The van der Waals surface area contributed by atoms with Gasteiger partial charge in [-0.25, -0.2) is 4.98 Å². The summed E-state index contributed by atoms with van der Waals surface area (Å²) in [6.07, 6.45) is 3.69. The zero-order valence-corrected chi connectivity index (χ0v) is 16.7. The molecular formula is C20H20N6O2S. The molecule has 0 saturated carbocycles. The van der Waals surface area contributed by atoms with Crippen molar-refractivity contribution in [2.24, 2.45) is 5.73 Å². The zero-order chi connectivity index (χ0) is 21.0. The molecule has 2 aromatic heterocycles. The number of carbonyl (C=O) groups is 1. The molecule has 0 bridgehead atoms. The van der Waals surface area contributed by atoms with Crippen molar-refractivity contribution < 1.29 is 9.90 Å². The molecule has 8 nitrogen and oxygen atoms in total. The number of aliphatic hydroxyl groups is 1. The van der Waals surface area contributed by atoms with E-state index in [0.29, 0.717) is 53.5 Å². The van der Waals surface area contributed by atoms with E-state index in [2.05, 4.69) is 22.1 Å². The Morgan fingerprint density at radius 2 is 2.21 bits per heavy atom. The third-order valence-electron chi connectivity index (χ3n) is 4.76. The van der Waals surface area contributed by atoms with Crippen molar-refractivity contribution in [2.75, 3.05) is 18.0 Å². The van der Waals surface area contributed by atoms with E-state index in [1.807, 2.05) is 11.8 Å². The number of anilines is 1. The van der Waals surface area contributed by atoms with Crippen LogP contribution in [0.3, 0.4) is 0 Å². The highest BCUT2D eigenvalue weighted by Crippen LogP contribution is 2.39. The lowest BCUT2D eigenvalue weighted by Gasteiger charge is -2.22. The molecule has 3 heterocycles. The van der Waals surface area contributed by atoms with Gasteiger partial charge in [0.05, 0.1) is 17.2 Å². The van der Waals surface area contributed by atoms with Crippen molar-refractivity contribution >= 4 is 23.5 Å². The van der Waals surface area contributed by atoms with Crippen LogP contribution in [-0.2, 0) is 11.2 Å². The summed E-state index contributed by atoms with van der Waals surface area (Å²) in [5.74, 6) is -0.147. The average Bonchev–Trinajstić information content (AvgIpc) is 3.17. The zero-order valence-electron chi connectivity index (χ0n) is 15.9. The van der Waals surface area contributed by atoms with E-state index in [-0.39, 0.29) is 5.56 Å². The van der Waals surface area contributed by atoms with Gasteiger partial charge in [0.1, 0.15) is 28.2 Å². The fraction of sp³-hybridized carbons (Fsp3) is 0.350. The molecule has 0 radical (unpaired) electrons. The summed E-state index contributed by atoms with van der Waals surface area (Å²) >= 11 is 1.08. The topological polar surface area (TPSA) is 140 Å². The van der Waals surface area contributed by atoms with Gasteiger partial charge in [-0.05, 0) is 30.0 Å². The first kappa shape index (κ1) is 20.6. The number of hydrogen-bond acceptors (Lipinski definition) is 8. The van der Waals surface area contributed by atoms with Crippen molar-refractivity contribution in [1.29, 1.82) is 10.5 Å².